The lowest BCUT2D eigenvalue weighted by molar-refractivity contribution is -0.123. The molecule has 0 bridgehead atoms. The van der Waals surface area contributed by atoms with Crippen molar-refractivity contribution in [2.75, 3.05) is 26.2 Å². The molecule has 0 saturated carbocycles. The monoisotopic (exact) mass is 372 g/mol. The third-order valence-electron chi connectivity index (χ3n) is 4.95. The van der Waals surface area contributed by atoms with Crippen molar-refractivity contribution in [1.29, 1.82) is 0 Å². The molecule has 1 unspecified atom stereocenters. The summed E-state index contributed by atoms with van der Waals surface area (Å²) in [4.78, 5) is 16.2. The van der Waals surface area contributed by atoms with Gasteiger partial charge in [-0.3, -0.25) is 9.69 Å². The van der Waals surface area contributed by atoms with E-state index in [2.05, 4.69) is 27.7 Å². The van der Waals surface area contributed by atoms with E-state index >= 15 is 0 Å². The van der Waals surface area contributed by atoms with Crippen LogP contribution in [-0.4, -0.2) is 37.0 Å². The molecule has 3 rings (SSSR count). The second-order valence-electron chi connectivity index (χ2n) is 6.94. The van der Waals surface area contributed by atoms with Crippen LogP contribution in [0.5, 0.6) is 5.75 Å². The lowest BCUT2D eigenvalue weighted by Crippen LogP contribution is -2.41. The average molecular weight is 373 g/mol. The van der Waals surface area contributed by atoms with Crippen LogP contribution in [0.25, 0.3) is 0 Å². The van der Waals surface area contributed by atoms with Gasteiger partial charge in [-0.15, -0.1) is 11.3 Å². The van der Waals surface area contributed by atoms with Gasteiger partial charge in [0.15, 0.2) is 6.61 Å². The molecule has 1 aliphatic heterocycles. The van der Waals surface area contributed by atoms with Gasteiger partial charge in [0.2, 0.25) is 0 Å². The molecule has 1 saturated heterocycles. The van der Waals surface area contributed by atoms with Crippen molar-refractivity contribution in [3.8, 4) is 5.75 Å². The Morgan fingerprint density at radius 1 is 1.15 bits per heavy atom. The Balaban J connectivity index is 1.55. The molecule has 1 atom stereocenters. The van der Waals surface area contributed by atoms with Crippen LogP contribution in [-0.2, 0) is 4.79 Å². The Bertz CT molecular complexity index is 689. The summed E-state index contributed by atoms with van der Waals surface area (Å²) in [5, 5.41) is 5.19. The first-order chi connectivity index (χ1) is 12.6. The van der Waals surface area contributed by atoms with Crippen molar-refractivity contribution >= 4 is 17.2 Å². The Kier molecular flexibility index (Phi) is 6.69. The number of ether oxygens (including phenoxy) is 1. The van der Waals surface area contributed by atoms with Crippen molar-refractivity contribution in [2.45, 2.75) is 39.2 Å². The maximum atomic E-state index is 12.3. The normalized spacial score (nSPS) is 16.2. The quantitative estimate of drug-likeness (QED) is 0.796. The largest absolute Gasteiger partial charge is 0.483 e. The number of amides is 1. The predicted molar refractivity (Wildman–Crippen MR) is 107 cm³/mol. The van der Waals surface area contributed by atoms with Crippen LogP contribution >= 0.6 is 11.3 Å². The van der Waals surface area contributed by atoms with Gasteiger partial charge >= 0.3 is 0 Å². The van der Waals surface area contributed by atoms with Crippen molar-refractivity contribution < 1.29 is 9.53 Å². The minimum absolute atomic E-state index is 0.0584. The summed E-state index contributed by atoms with van der Waals surface area (Å²) in [6, 6.07) is 10.5. The van der Waals surface area contributed by atoms with Gasteiger partial charge in [0, 0.05) is 11.4 Å². The van der Waals surface area contributed by atoms with Gasteiger partial charge in [0.25, 0.3) is 5.91 Å². The van der Waals surface area contributed by atoms with Gasteiger partial charge in [0.1, 0.15) is 5.75 Å². The summed E-state index contributed by atoms with van der Waals surface area (Å²) >= 11 is 1.77. The number of carbonyl (C=O) groups is 1. The number of likely N-dealkylation sites (tertiary alicyclic amines) is 1. The first kappa shape index (κ1) is 18.9. The zero-order valence-corrected chi connectivity index (χ0v) is 16.5. The number of rotatable bonds is 7. The standard InChI is InChI=1S/C21H28N2O2S/c1-16-8-6-9-17(2)21(16)25-15-20(24)22-14-18(19-10-7-13-26-19)23-11-4-3-5-12-23/h6-10,13,18H,3-5,11-12,14-15H2,1-2H3,(H,22,24). The Hall–Kier alpha value is -1.85. The van der Waals surface area contributed by atoms with Gasteiger partial charge < -0.3 is 10.1 Å². The lowest BCUT2D eigenvalue weighted by Gasteiger charge is -2.34. The number of benzene rings is 1. The highest BCUT2D eigenvalue weighted by Gasteiger charge is 2.23. The van der Waals surface area contributed by atoms with Crippen molar-refractivity contribution in [3.63, 3.8) is 0 Å². The highest BCUT2D eigenvalue weighted by molar-refractivity contribution is 7.10. The number of nitrogens with zero attached hydrogens (tertiary/aromatic N) is 1. The molecule has 0 spiro atoms. The van der Waals surface area contributed by atoms with E-state index in [1.165, 1.54) is 24.1 Å². The molecular formula is C21H28N2O2S. The molecule has 140 valence electrons. The third-order valence-corrected chi connectivity index (χ3v) is 5.93. The average Bonchev–Trinajstić information content (AvgIpc) is 3.17. The zero-order valence-electron chi connectivity index (χ0n) is 15.7. The molecule has 1 aliphatic rings. The number of para-hydroxylation sites is 1. The van der Waals surface area contributed by atoms with E-state index in [1.54, 1.807) is 11.3 Å². The number of nitrogens with one attached hydrogen (secondary N) is 1. The summed E-state index contributed by atoms with van der Waals surface area (Å²) in [6.45, 7) is 6.92. The van der Waals surface area contributed by atoms with Gasteiger partial charge in [0.05, 0.1) is 6.04 Å². The third kappa shape index (κ3) is 4.86. The van der Waals surface area contributed by atoms with Crippen molar-refractivity contribution in [3.05, 3.63) is 51.7 Å². The second kappa shape index (κ2) is 9.19. The molecule has 4 nitrogen and oxygen atoms in total. The van der Waals surface area contributed by atoms with Gasteiger partial charge in [-0.05, 0) is 62.4 Å². The SMILES string of the molecule is Cc1cccc(C)c1OCC(=O)NCC(c1cccs1)N1CCCCC1. The van der Waals surface area contributed by atoms with Crippen LogP contribution < -0.4 is 10.1 Å². The summed E-state index contributed by atoms with van der Waals surface area (Å²) in [6.07, 6.45) is 3.79. The van der Waals surface area contributed by atoms with E-state index < -0.39 is 0 Å². The van der Waals surface area contributed by atoms with E-state index in [0.29, 0.717) is 6.54 Å². The molecule has 1 aromatic carbocycles. The summed E-state index contributed by atoms with van der Waals surface area (Å²) in [5.74, 6) is 0.750. The highest BCUT2D eigenvalue weighted by atomic mass is 32.1. The number of aryl methyl sites for hydroxylation is 2. The minimum atomic E-state index is -0.0637. The smallest absolute Gasteiger partial charge is 0.258 e. The summed E-state index contributed by atoms with van der Waals surface area (Å²) in [7, 11) is 0. The van der Waals surface area contributed by atoms with E-state index in [1.807, 2.05) is 32.0 Å². The molecule has 0 aliphatic carbocycles. The highest BCUT2D eigenvalue weighted by Crippen LogP contribution is 2.27. The predicted octanol–water partition coefficient (Wildman–Crippen LogP) is 4.09. The van der Waals surface area contributed by atoms with Crippen LogP contribution in [0.4, 0.5) is 0 Å². The van der Waals surface area contributed by atoms with Gasteiger partial charge in [-0.2, -0.15) is 0 Å². The number of hydrogen-bond acceptors (Lipinski definition) is 4. The van der Waals surface area contributed by atoms with Crippen LogP contribution in [0.1, 0.15) is 41.3 Å². The fourth-order valence-corrected chi connectivity index (χ4v) is 4.41. The molecule has 2 aromatic rings. The zero-order chi connectivity index (χ0) is 18.4. The molecule has 0 radical (unpaired) electrons. The number of hydrogen-bond donors (Lipinski definition) is 1. The number of piperidine rings is 1. The molecular weight excluding hydrogens is 344 g/mol. The van der Waals surface area contributed by atoms with E-state index in [-0.39, 0.29) is 18.6 Å². The van der Waals surface area contributed by atoms with E-state index in [9.17, 15) is 4.79 Å². The van der Waals surface area contributed by atoms with E-state index in [4.69, 9.17) is 4.74 Å². The van der Waals surface area contributed by atoms with Crippen LogP contribution in [0, 0.1) is 13.8 Å². The fraction of sp³-hybridized carbons (Fsp3) is 0.476. The first-order valence-electron chi connectivity index (χ1n) is 9.38. The number of carbonyl (C=O) groups excluding carboxylic acids is 1. The molecule has 1 aromatic heterocycles. The topological polar surface area (TPSA) is 41.6 Å². The molecule has 1 N–H and O–H groups in total. The molecule has 1 fully saturated rings. The number of thiophene rings is 1. The Morgan fingerprint density at radius 3 is 2.54 bits per heavy atom. The summed E-state index contributed by atoms with van der Waals surface area (Å²) < 4.78 is 5.77. The molecule has 26 heavy (non-hydrogen) atoms. The minimum Gasteiger partial charge on any atom is -0.483 e. The van der Waals surface area contributed by atoms with Crippen LogP contribution in [0.15, 0.2) is 35.7 Å². The maximum absolute atomic E-state index is 12.3. The maximum Gasteiger partial charge on any atom is 0.258 e. The molecule has 1 amide bonds. The van der Waals surface area contributed by atoms with Crippen molar-refractivity contribution in [1.82, 2.24) is 10.2 Å². The van der Waals surface area contributed by atoms with Crippen molar-refractivity contribution in [2.24, 2.45) is 0 Å². The van der Waals surface area contributed by atoms with Gasteiger partial charge in [-0.25, -0.2) is 0 Å². The van der Waals surface area contributed by atoms with Crippen LogP contribution in [0.3, 0.4) is 0 Å². The Labute approximate surface area is 160 Å². The first-order valence-corrected chi connectivity index (χ1v) is 10.3. The molecule has 2 heterocycles. The summed E-state index contributed by atoms with van der Waals surface area (Å²) in [5.41, 5.74) is 2.12. The second-order valence-corrected chi connectivity index (χ2v) is 7.92. The molecule has 5 heteroatoms. The Morgan fingerprint density at radius 2 is 1.88 bits per heavy atom. The van der Waals surface area contributed by atoms with Gasteiger partial charge in [-0.1, -0.05) is 30.7 Å². The van der Waals surface area contributed by atoms with Crippen LogP contribution in [0.2, 0.25) is 0 Å². The fourth-order valence-electron chi connectivity index (χ4n) is 3.55. The van der Waals surface area contributed by atoms with E-state index in [0.717, 1.165) is 30.0 Å². The lowest BCUT2D eigenvalue weighted by atomic mass is 10.1.